The van der Waals surface area contributed by atoms with E-state index < -0.39 is 0 Å². The molecule has 0 bridgehead atoms. The smallest absolute Gasteiger partial charge is 0.230 e. The zero-order valence-corrected chi connectivity index (χ0v) is 14.3. The minimum Gasteiger partial charge on any atom is -0.355 e. The largest absolute Gasteiger partial charge is 0.355 e. The Balaban J connectivity index is 1.41. The van der Waals surface area contributed by atoms with E-state index >= 15 is 0 Å². The van der Waals surface area contributed by atoms with Gasteiger partial charge in [-0.05, 0) is 30.5 Å². The topological polar surface area (TPSA) is 42.0 Å². The van der Waals surface area contributed by atoms with E-state index in [1.807, 2.05) is 36.4 Å². The molecule has 1 saturated carbocycles. The Labute approximate surface area is 145 Å². The highest BCUT2D eigenvalue weighted by molar-refractivity contribution is 7.18. The van der Waals surface area contributed by atoms with E-state index in [4.69, 9.17) is 0 Å². The molecule has 0 aliphatic heterocycles. The quantitative estimate of drug-likeness (QED) is 0.763. The zero-order valence-electron chi connectivity index (χ0n) is 13.5. The molecule has 3 aromatic rings. The number of para-hydroxylation sites is 1. The van der Waals surface area contributed by atoms with E-state index in [2.05, 4.69) is 28.5 Å². The highest BCUT2D eigenvalue weighted by Crippen LogP contribution is 2.43. The zero-order chi connectivity index (χ0) is 16.4. The maximum absolute atomic E-state index is 12.8. The Morgan fingerprint density at radius 2 is 1.83 bits per heavy atom. The van der Waals surface area contributed by atoms with Crippen LogP contribution in [0.2, 0.25) is 0 Å². The van der Waals surface area contributed by atoms with Crippen LogP contribution in [-0.2, 0) is 16.6 Å². The van der Waals surface area contributed by atoms with Gasteiger partial charge >= 0.3 is 0 Å². The average Bonchev–Trinajstić information content (AvgIpc) is 2.97. The number of nitrogens with zero attached hydrogens (tertiary/aromatic N) is 1. The van der Waals surface area contributed by atoms with Gasteiger partial charge in [-0.25, -0.2) is 4.98 Å². The van der Waals surface area contributed by atoms with E-state index in [9.17, 15) is 4.79 Å². The van der Waals surface area contributed by atoms with Crippen LogP contribution >= 0.6 is 11.3 Å². The van der Waals surface area contributed by atoms with Gasteiger partial charge in [-0.2, -0.15) is 0 Å². The van der Waals surface area contributed by atoms with Gasteiger partial charge in [0, 0.05) is 13.0 Å². The van der Waals surface area contributed by atoms with E-state index in [1.165, 1.54) is 4.70 Å². The molecule has 4 rings (SSSR count). The maximum atomic E-state index is 12.8. The van der Waals surface area contributed by atoms with Crippen molar-refractivity contribution in [2.75, 3.05) is 6.54 Å². The second kappa shape index (κ2) is 6.36. The number of hydrogen-bond acceptors (Lipinski definition) is 3. The third kappa shape index (κ3) is 2.71. The molecular formula is C20H20N2OS. The summed E-state index contributed by atoms with van der Waals surface area (Å²) in [5.74, 6) is 0.168. The summed E-state index contributed by atoms with van der Waals surface area (Å²) in [7, 11) is 0. The number of rotatable bonds is 5. The molecule has 0 unspecified atom stereocenters. The first-order chi connectivity index (χ1) is 11.8. The fourth-order valence-corrected chi connectivity index (χ4v) is 4.38. The van der Waals surface area contributed by atoms with Crippen molar-refractivity contribution in [1.82, 2.24) is 10.3 Å². The Bertz CT molecular complexity index is 819. The molecule has 1 aromatic heterocycles. The molecule has 1 amide bonds. The second-order valence-corrected chi connectivity index (χ2v) is 7.50. The normalized spacial score (nSPS) is 15.8. The molecule has 0 saturated heterocycles. The lowest BCUT2D eigenvalue weighted by atomic mass is 9.64. The molecule has 0 radical (unpaired) electrons. The van der Waals surface area contributed by atoms with Gasteiger partial charge in [0.25, 0.3) is 0 Å². The van der Waals surface area contributed by atoms with Crippen LogP contribution in [0.5, 0.6) is 0 Å². The maximum Gasteiger partial charge on any atom is 0.230 e. The van der Waals surface area contributed by atoms with Crippen molar-refractivity contribution in [1.29, 1.82) is 0 Å². The number of nitrogens with one attached hydrogen (secondary N) is 1. The lowest BCUT2D eigenvalue weighted by Gasteiger charge is -2.40. The van der Waals surface area contributed by atoms with E-state index in [1.54, 1.807) is 11.3 Å². The predicted octanol–water partition coefficient (Wildman–Crippen LogP) is 4.08. The Morgan fingerprint density at radius 1 is 1.08 bits per heavy atom. The third-order valence-corrected chi connectivity index (χ3v) is 6.03. The lowest BCUT2D eigenvalue weighted by Crippen LogP contribution is -2.49. The molecule has 0 atom stereocenters. The molecule has 122 valence electrons. The minimum atomic E-state index is -0.311. The van der Waals surface area contributed by atoms with Gasteiger partial charge in [0.05, 0.1) is 20.6 Å². The standard InChI is InChI=1S/C20H20N2OS/c23-19(20(12-6-13-20)15-7-2-1-3-8-15)21-14-11-18-22-16-9-4-5-10-17(16)24-18/h1-5,7-10H,6,11-14H2,(H,21,23). The highest BCUT2D eigenvalue weighted by Gasteiger charge is 2.45. The summed E-state index contributed by atoms with van der Waals surface area (Å²) >= 11 is 1.71. The minimum absolute atomic E-state index is 0.168. The summed E-state index contributed by atoms with van der Waals surface area (Å²) in [6.45, 7) is 0.646. The Kier molecular flexibility index (Phi) is 4.07. The van der Waals surface area contributed by atoms with Crippen LogP contribution in [0.1, 0.15) is 29.8 Å². The third-order valence-electron chi connectivity index (χ3n) is 4.93. The van der Waals surface area contributed by atoms with Gasteiger partial charge in [-0.15, -0.1) is 11.3 Å². The van der Waals surface area contributed by atoms with Gasteiger partial charge in [0.2, 0.25) is 5.91 Å². The highest BCUT2D eigenvalue weighted by atomic mass is 32.1. The van der Waals surface area contributed by atoms with Crippen LogP contribution < -0.4 is 5.32 Å². The fraction of sp³-hybridized carbons (Fsp3) is 0.300. The first-order valence-corrected chi connectivity index (χ1v) is 9.28. The number of benzene rings is 2. The van der Waals surface area contributed by atoms with Gasteiger partial charge in [0.1, 0.15) is 0 Å². The van der Waals surface area contributed by atoms with E-state index in [0.717, 1.165) is 41.8 Å². The average molecular weight is 336 g/mol. The van der Waals surface area contributed by atoms with Crippen LogP contribution in [0.3, 0.4) is 0 Å². The molecule has 3 nitrogen and oxygen atoms in total. The molecule has 1 heterocycles. The summed E-state index contributed by atoms with van der Waals surface area (Å²) in [4.78, 5) is 17.4. The van der Waals surface area contributed by atoms with Crippen molar-refractivity contribution in [2.24, 2.45) is 0 Å². The number of aromatic nitrogens is 1. The van der Waals surface area contributed by atoms with Gasteiger partial charge in [-0.3, -0.25) is 4.79 Å². The lowest BCUT2D eigenvalue weighted by molar-refractivity contribution is -0.129. The van der Waals surface area contributed by atoms with Gasteiger partial charge < -0.3 is 5.32 Å². The number of carbonyl (C=O) groups is 1. The molecule has 2 aromatic carbocycles. The number of amides is 1. The molecule has 1 aliphatic carbocycles. The van der Waals surface area contributed by atoms with Crippen LogP contribution in [0, 0.1) is 0 Å². The van der Waals surface area contributed by atoms with Crippen molar-refractivity contribution < 1.29 is 4.79 Å². The van der Waals surface area contributed by atoms with Crippen LogP contribution in [0.15, 0.2) is 54.6 Å². The van der Waals surface area contributed by atoms with Crippen LogP contribution in [0.4, 0.5) is 0 Å². The molecule has 24 heavy (non-hydrogen) atoms. The SMILES string of the molecule is O=C(NCCc1nc2ccccc2s1)C1(c2ccccc2)CCC1. The van der Waals surface area contributed by atoms with Crippen molar-refractivity contribution in [3.8, 4) is 0 Å². The summed E-state index contributed by atoms with van der Waals surface area (Å²) in [5, 5.41) is 4.23. The van der Waals surface area contributed by atoms with Crippen molar-refractivity contribution in [3.63, 3.8) is 0 Å². The number of thiazole rings is 1. The molecule has 1 aliphatic rings. The van der Waals surface area contributed by atoms with Crippen molar-refractivity contribution >= 4 is 27.5 Å². The van der Waals surface area contributed by atoms with Crippen LogP contribution in [0.25, 0.3) is 10.2 Å². The van der Waals surface area contributed by atoms with Crippen LogP contribution in [-0.4, -0.2) is 17.4 Å². The Morgan fingerprint density at radius 3 is 2.54 bits per heavy atom. The van der Waals surface area contributed by atoms with Gasteiger partial charge in [-0.1, -0.05) is 48.9 Å². The number of carbonyl (C=O) groups excluding carboxylic acids is 1. The number of fused-ring (bicyclic) bond motifs is 1. The first kappa shape index (κ1) is 15.3. The van der Waals surface area contributed by atoms with Crippen molar-refractivity contribution in [3.05, 3.63) is 65.2 Å². The Hall–Kier alpha value is -2.20. The second-order valence-electron chi connectivity index (χ2n) is 6.38. The van der Waals surface area contributed by atoms with Gasteiger partial charge in [0.15, 0.2) is 0 Å². The molecular weight excluding hydrogens is 316 g/mol. The van der Waals surface area contributed by atoms with Crippen molar-refractivity contribution in [2.45, 2.75) is 31.1 Å². The van der Waals surface area contributed by atoms with E-state index in [0.29, 0.717) is 6.54 Å². The summed E-state index contributed by atoms with van der Waals surface area (Å²) in [6, 6.07) is 18.4. The molecule has 4 heteroatoms. The van der Waals surface area contributed by atoms with E-state index in [-0.39, 0.29) is 11.3 Å². The number of hydrogen-bond donors (Lipinski definition) is 1. The summed E-state index contributed by atoms with van der Waals surface area (Å²) < 4.78 is 1.21. The predicted molar refractivity (Wildman–Crippen MR) is 98.3 cm³/mol. The molecule has 1 N–H and O–H groups in total. The fourth-order valence-electron chi connectivity index (χ4n) is 3.41. The molecule has 1 fully saturated rings. The monoisotopic (exact) mass is 336 g/mol. The summed E-state index contributed by atoms with van der Waals surface area (Å²) in [5.41, 5.74) is 1.88. The first-order valence-electron chi connectivity index (χ1n) is 8.46. The molecule has 0 spiro atoms. The summed E-state index contributed by atoms with van der Waals surface area (Å²) in [6.07, 6.45) is 3.81.